The van der Waals surface area contributed by atoms with Gasteiger partial charge in [-0.25, -0.2) is 0 Å². The van der Waals surface area contributed by atoms with Gasteiger partial charge in [0.15, 0.2) is 0 Å². The Labute approximate surface area is 101 Å². The maximum atomic E-state index is 3.39. The van der Waals surface area contributed by atoms with E-state index in [1.54, 1.807) is 0 Å². The second-order valence-electron chi connectivity index (χ2n) is 4.85. The van der Waals surface area contributed by atoms with E-state index in [1.165, 1.54) is 71.6 Å². The van der Waals surface area contributed by atoms with Gasteiger partial charge in [0.1, 0.15) is 0 Å². The third-order valence-corrected chi connectivity index (χ3v) is 3.14. The van der Waals surface area contributed by atoms with Gasteiger partial charge < -0.3 is 10.2 Å². The van der Waals surface area contributed by atoms with Crippen molar-refractivity contribution in [2.24, 2.45) is 0 Å². The molecule has 1 N–H and O–H groups in total. The Balaban J connectivity index is 0.000000386. The lowest BCUT2D eigenvalue weighted by Crippen LogP contribution is -2.46. The van der Waals surface area contributed by atoms with Crippen LogP contribution < -0.4 is 5.32 Å². The summed E-state index contributed by atoms with van der Waals surface area (Å²) in [7, 11) is 0. The van der Waals surface area contributed by atoms with E-state index in [0.29, 0.717) is 0 Å². The van der Waals surface area contributed by atoms with Gasteiger partial charge >= 0.3 is 0 Å². The van der Waals surface area contributed by atoms with Crippen LogP contribution in [-0.2, 0) is 0 Å². The van der Waals surface area contributed by atoms with E-state index >= 15 is 0 Å². The average Bonchev–Trinajstić information content (AvgIpc) is 2.82. The van der Waals surface area contributed by atoms with Gasteiger partial charge in [-0.1, -0.05) is 20.3 Å². The van der Waals surface area contributed by atoms with E-state index in [2.05, 4.69) is 29.0 Å². The van der Waals surface area contributed by atoms with E-state index < -0.39 is 0 Å². The molecule has 2 heterocycles. The number of hydrogen-bond donors (Lipinski definition) is 1. The summed E-state index contributed by atoms with van der Waals surface area (Å²) in [5, 5.41) is 3.39. The molecule has 3 nitrogen and oxygen atoms in total. The van der Waals surface area contributed by atoms with Gasteiger partial charge in [-0.05, 0) is 25.9 Å². The van der Waals surface area contributed by atoms with E-state index in [-0.39, 0.29) is 0 Å². The summed E-state index contributed by atoms with van der Waals surface area (Å²) in [6.45, 7) is 14.3. The molecule has 0 radical (unpaired) electrons. The Kier molecular flexibility index (Phi) is 7.81. The summed E-state index contributed by atoms with van der Waals surface area (Å²) >= 11 is 0. The maximum Gasteiger partial charge on any atom is 0.0110 e. The normalized spacial score (nSPS) is 22.9. The van der Waals surface area contributed by atoms with Crippen molar-refractivity contribution >= 4 is 0 Å². The smallest absolute Gasteiger partial charge is 0.0110 e. The lowest BCUT2D eigenvalue weighted by atomic mass is 10.3. The van der Waals surface area contributed by atoms with E-state index in [4.69, 9.17) is 0 Å². The molecular formula is C13H29N3. The second-order valence-corrected chi connectivity index (χ2v) is 4.85. The second kappa shape index (κ2) is 8.97. The van der Waals surface area contributed by atoms with Gasteiger partial charge in [0, 0.05) is 39.3 Å². The van der Waals surface area contributed by atoms with Crippen molar-refractivity contribution in [3.63, 3.8) is 0 Å². The van der Waals surface area contributed by atoms with Crippen molar-refractivity contribution in [3.05, 3.63) is 0 Å². The molecule has 0 aromatic heterocycles. The number of nitrogens with one attached hydrogen (secondary N) is 1. The quantitative estimate of drug-likeness (QED) is 0.786. The first kappa shape index (κ1) is 13.9. The van der Waals surface area contributed by atoms with Gasteiger partial charge in [-0.15, -0.1) is 0 Å². The van der Waals surface area contributed by atoms with Crippen molar-refractivity contribution < 1.29 is 0 Å². The SMILES string of the molecule is C1CCN(CCN2CCNCC2)C1.CCC. The lowest BCUT2D eigenvalue weighted by molar-refractivity contribution is 0.205. The van der Waals surface area contributed by atoms with Crippen molar-refractivity contribution in [2.75, 3.05) is 52.4 Å². The van der Waals surface area contributed by atoms with Gasteiger partial charge in [0.25, 0.3) is 0 Å². The van der Waals surface area contributed by atoms with Crippen LogP contribution in [0.1, 0.15) is 33.1 Å². The van der Waals surface area contributed by atoms with Crippen LogP contribution in [0.15, 0.2) is 0 Å². The number of hydrogen-bond acceptors (Lipinski definition) is 3. The van der Waals surface area contributed by atoms with Crippen LogP contribution >= 0.6 is 0 Å². The first-order chi connectivity index (χ1) is 7.86. The van der Waals surface area contributed by atoms with Crippen LogP contribution in [0, 0.1) is 0 Å². The summed E-state index contributed by atoms with van der Waals surface area (Å²) in [6.07, 6.45) is 4.09. The minimum absolute atomic E-state index is 1.18. The maximum absolute atomic E-state index is 3.39. The van der Waals surface area contributed by atoms with Crippen molar-refractivity contribution in [2.45, 2.75) is 33.1 Å². The molecule has 0 spiro atoms. The average molecular weight is 227 g/mol. The summed E-state index contributed by atoms with van der Waals surface area (Å²) in [5.41, 5.74) is 0. The minimum atomic E-state index is 1.18. The van der Waals surface area contributed by atoms with Crippen molar-refractivity contribution in [1.29, 1.82) is 0 Å². The highest BCUT2D eigenvalue weighted by Crippen LogP contribution is 2.06. The van der Waals surface area contributed by atoms with Gasteiger partial charge in [-0.3, -0.25) is 4.90 Å². The molecule has 0 saturated carbocycles. The molecule has 0 unspecified atom stereocenters. The van der Waals surface area contributed by atoms with E-state index in [9.17, 15) is 0 Å². The first-order valence-electron chi connectivity index (χ1n) is 7.02. The monoisotopic (exact) mass is 227 g/mol. The summed E-state index contributed by atoms with van der Waals surface area (Å²) in [5.74, 6) is 0. The highest BCUT2D eigenvalue weighted by Gasteiger charge is 2.14. The predicted molar refractivity (Wildman–Crippen MR) is 70.9 cm³/mol. The third-order valence-electron chi connectivity index (χ3n) is 3.14. The molecule has 2 aliphatic rings. The summed E-state index contributed by atoms with van der Waals surface area (Å²) < 4.78 is 0. The number of rotatable bonds is 3. The highest BCUT2D eigenvalue weighted by molar-refractivity contribution is 4.71. The van der Waals surface area contributed by atoms with Crippen LogP contribution in [0.25, 0.3) is 0 Å². The van der Waals surface area contributed by atoms with Crippen molar-refractivity contribution in [3.8, 4) is 0 Å². The molecule has 0 aromatic carbocycles. The lowest BCUT2D eigenvalue weighted by Gasteiger charge is -2.28. The summed E-state index contributed by atoms with van der Waals surface area (Å²) in [6, 6.07) is 0. The molecule has 96 valence electrons. The topological polar surface area (TPSA) is 18.5 Å². The fourth-order valence-electron chi connectivity index (χ4n) is 2.22. The molecule has 2 fully saturated rings. The minimum Gasteiger partial charge on any atom is -0.314 e. The van der Waals surface area contributed by atoms with Gasteiger partial charge in [0.05, 0.1) is 0 Å². The zero-order valence-corrected chi connectivity index (χ0v) is 11.2. The Bertz CT molecular complexity index is 149. The molecule has 3 heteroatoms. The summed E-state index contributed by atoms with van der Waals surface area (Å²) in [4.78, 5) is 5.18. The van der Waals surface area contributed by atoms with Gasteiger partial charge in [-0.2, -0.15) is 0 Å². The Morgan fingerprint density at radius 1 is 0.812 bits per heavy atom. The standard InChI is InChI=1S/C10H21N3.C3H8/c1-2-6-12(5-1)9-10-13-7-3-11-4-8-13;1-3-2/h11H,1-10H2;3H2,1-2H3. The van der Waals surface area contributed by atoms with Crippen LogP contribution in [0.2, 0.25) is 0 Å². The molecule has 0 amide bonds. The molecule has 0 aliphatic carbocycles. The molecule has 0 atom stereocenters. The molecular weight excluding hydrogens is 198 g/mol. The predicted octanol–water partition coefficient (Wildman–Crippen LogP) is 1.40. The first-order valence-corrected chi connectivity index (χ1v) is 7.02. The van der Waals surface area contributed by atoms with Gasteiger partial charge in [0.2, 0.25) is 0 Å². The molecule has 0 aromatic rings. The molecule has 2 rings (SSSR count). The van der Waals surface area contributed by atoms with Crippen LogP contribution in [-0.4, -0.2) is 62.2 Å². The molecule has 2 saturated heterocycles. The molecule has 2 aliphatic heterocycles. The Morgan fingerprint density at radius 2 is 1.25 bits per heavy atom. The number of piperazine rings is 1. The largest absolute Gasteiger partial charge is 0.314 e. The number of nitrogens with zero attached hydrogens (tertiary/aromatic N) is 2. The Morgan fingerprint density at radius 3 is 1.75 bits per heavy atom. The van der Waals surface area contributed by atoms with Crippen LogP contribution in [0.3, 0.4) is 0 Å². The zero-order valence-electron chi connectivity index (χ0n) is 11.2. The zero-order chi connectivity index (χ0) is 11.6. The number of likely N-dealkylation sites (tertiary alicyclic amines) is 1. The molecule has 16 heavy (non-hydrogen) atoms. The molecule has 0 bridgehead atoms. The Hall–Kier alpha value is -0.120. The third kappa shape index (κ3) is 5.83. The van der Waals surface area contributed by atoms with Crippen LogP contribution in [0.5, 0.6) is 0 Å². The van der Waals surface area contributed by atoms with E-state index in [1.807, 2.05) is 0 Å². The van der Waals surface area contributed by atoms with E-state index in [0.717, 1.165) is 0 Å². The fraction of sp³-hybridized carbons (Fsp3) is 1.00. The fourth-order valence-corrected chi connectivity index (χ4v) is 2.22. The highest BCUT2D eigenvalue weighted by atomic mass is 15.2. The van der Waals surface area contributed by atoms with Crippen molar-refractivity contribution in [1.82, 2.24) is 15.1 Å². The van der Waals surface area contributed by atoms with Crippen LogP contribution in [0.4, 0.5) is 0 Å².